The van der Waals surface area contributed by atoms with Crippen molar-refractivity contribution in [3.8, 4) is 0 Å². The largest absolute Gasteiger partial charge is 0.478 e. The topological polar surface area (TPSA) is 62.0 Å². The van der Waals surface area contributed by atoms with Gasteiger partial charge in [0.1, 0.15) is 0 Å². The molecule has 80 valence electrons. The molecule has 0 aliphatic carbocycles. The van der Waals surface area contributed by atoms with E-state index in [0.717, 1.165) is 0 Å². The van der Waals surface area contributed by atoms with E-state index in [1.54, 1.807) is 18.2 Å². The van der Waals surface area contributed by atoms with Crippen LogP contribution in [0.5, 0.6) is 0 Å². The third kappa shape index (κ3) is 3.50. The zero-order valence-electron chi connectivity index (χ0n) is 9.06. The molecule has 0 fully saturated rings. The van der Waals surface area contributed by atoms with Crippen molar-refractivity contribution >= 4 is 11.7 Å². The van der Waals surface area contributed by atoms with Crippen LogP contribution in [0.4, 0.5) is 5.69 Å². The van der Waals surface area contributed by atoms with E-state index in [4.69, 9.17) is 5.11 Å². The first-order valence-corrected chi connectivity index (χ1v) is 4.65. The molecule has 1 aromatic carbocycles. The van der Waals surface area contributed by atoms with Gasteiger partial charge in [-0.15, -0.1) is 0 Å². The van der Waals surface area contributed by atoms with Crippen LogP contribution in [0.3, 0.4) is 0 Å². The van der Waals surface area contributed by atoms with E-state index in [2.05, 4.69) is 10.2 Å². The second-order valence-corrected chi connectivity index (χ2v) is 4.19. The summed E-state index contributed by atoms with van der Waals surface area (Å²) in [6, 6.07) is 6.56. The lowest BCUT2D eigenvalue weighted by Crippen LogP contribution is -2.07. The summed E-state index contributed by atoms with van der Waals surface area (Å²) >= 11 is 0. The molecule has 0 aliphatic rings. The molecule has 0 bridgehead atoms. The molecule has 0 saturated carbocycles. The molecule has 4 nitrogen and oxygen atoms in total. The van der Waals surface area contributed by atoms with E-state index in [-0.39, 0.29) is 11.1 Å². The molecule has 1 aromatic rings. The van der Waals surface area contributed by atoms with Crippen molar-refractivity contribution in [2.45, 2.75) is 26.3 Å². The van der Waals surface area contributed by atoms with Gasteiger partial charge < -0.3 is 5.11 Å². The van der Waals surface area contributed by atoms with Crippen LogP contribution in [-0.4, -0.2) is 16.6 Å². The summed E-state index contributed by atoms with van der Waals surface area (Å²) in [6.07, 6.45) is 0. The first-order valence-electron chi connectivity index (χ1n) is 4.65. The summed E-state index contributed by atoms with van der Waals surface area (Å²) < 4.78 is 0. The van der Waals surface area contributed by atoms with Crippen LogP contribution < -0.4 is 0 Å². The predicted octanol–water partition coefficient (Wildman–Crippen LogP) is 3.27. The van der Waals surface area contributed by atoms with Gasteiger partial charge in [-0.1, -0.05) is 12.1 Å². The summed E-state index contributed by atoms with van der Waals surface area (Å²) in [4.78, 5) is 10.8. The number of aromatic carboxylic acids is 1. The predicted molar refractivity (Wildman–Crippen MR) is 57.7 cm³/mol. The number of benzene rings is 1. The van der Waals surface area contributed by atoms with E-state index in [0.29, 0.717) is 5.69 Å². The van der Waals surface area contributed by atoms with Gasteiger partial charge in [0.25, 0.3) is 0 Å². The van der Waals surface area contributed by atoms with Gasteiger partial charge in [0, 0.05) is 0 Å². The molecule has 1 rings (SSSR count). The summed E-state index contributed by atoms with van der Waals surface area (Å²) in [5.41, 5.74) is 0.261. The molecule has 0 aromatic heterocycles. The lowest BCUT2D eigenvalue weighted by atomic mass is 10.1. The highest BCUT2D eigenvalue weighted by molar-refractivity contribution is 5.93. The molecule has 0 heterocycles. The standard InChI is InChI=1S/C11H14N2O2/c1-11(2,3)13-12-9-7-5-4-6-8(9)10(14)15/h4-7H,1-3H3,(H,14,15). The van der Waals surface area contributed by atoms with Gasteiger partial charge in [-0.25, -0.2) is 4.79 Å². The van der Waals surface area contributed by atoms with Crippen LogP contribution >= 0.6 is 0 Å². The normalized spacial score (nSPS) is 11.9. The molecule has 1 N–H and O–H groups in total. The lowest BCUT2D eigenvalue weighted by molar-refractivity contribution is 0.0697. The van der Waals surface area contributed by atoms with Gasteiger partial charge in [-0.05, 0) is 32.9 Å². The van der Waals surface area contributed by atoms with Crippen LogP contribution in [-0.2, 0) is 0 Å². The zero-order valence-corrected chi connectivity index (χ0v) is 9.06. The fraction of sp³-hybridized carbons (Fsp3) is 0.364. The number of carbonyl (C=O) groups is 1. The van der Waals surface area contributed by atoms with Crippen molar-refractivity contribution in [2.24, 2.45) is 10.2 Å². The molecule has 4 heteroatoms. The maximum atomic E-state index is 10.8. The smallest absolute Gasteiger partial charge is 0.337 e. The SMILES string of the molecule is CC(C)(C)N=Nc1ccccc1C(=O)O. The van der Waals surface area contributed by atoms with Gasteiger partial charge in [0.15, 0.2) is 0 Å². The highest BCUT2D eigenvalue weighted by Crippen LogP contribution is 2.21. The number of carboxylic acid groups (broad SMARTS) is 1. The average Bonchev–Trinajstić information content (AvgIpc) is 2.14. The highest BCUT2D eigenvalue weighted by atomic mass is 16.4. The molecule has 0 atom stereocenters. The Hall–Kier alpha value is -1.71. The molecular weight excluding hydrogens is 192 g/mol. The maximum absolute atomic E-state index is 10.8. The van der Waals surface area contributed by atoms with Gasteiger partial charge >= 0.3 is 5.97 Å². The quantitative estimate of drug-likeness (QED) is 0.755. The van der Waals surface area contributed by atoms with E-state index in [1.807, 2.05) is 20.8 Å². The highest BCUT2D eigenvalue weighted by Gasteiger charge is 2.10. The number of nitrogens with zero attached hydrogens (tertiary/aromatic N) is 2. The van der Waals surface area contributed by atoms with Crippen LogP contribution in [0.15, 0.2) is 34.5 Å². The Bertz CT molecular complexity index is 392. The molecule has 0 unspecified atom stereocenters. The molecule has 0 aliphatic heterocycles. The van der Waals surface area contributed by atoms with Gasteiger partial charge in [-0.3, -0.25) is 0 Å². The Morgan fingerprint density at radius 1 is 1.27 bits per heavy atom. The van der Waals surface area contributed by atoms with Crippen LogP contribution in [0, 0.1) is 0 Å². The second kappa shape index (κ2) is 4.21. The van der Waals surface area contributed by atoms with E-state index < -0.39 is 5.97 Å². The minimum atomic E-state index is -0.988. The Balaban J connectivity index is 3.05. The third-order valence-corrected chi connectivity index (χ3v) is 1.59. The number of rotatable bonds is 2. The van der Waals surface area contributed by atoms with Crippen molar-refractivity contribution < 1.29 is 9.90 Å². The summed E-state index contributed by atoms with van der Waals surface area (Å²) in [5, 5.41) is 16.9. The third-order valence-electron chi connectivity index (χ3n) is 1.59. The van der Waals surface area contributed by atoms with Crippen LogP contribution in [0.1, 0.15) is 31.1 Å². The number of azo groups is 1. The Morgan fingerprint density at radius 2 is 1.87 bits per heavy atom. The van der Waals surface area contributed by atoms with Gasteiger partial charge in [0.05, 0.1) is 16.8 Å². The first kappa shape index (κ1) is 11.4. The number of hydrogen-bond donors (Lipinski definition) is 1. The minimum absolute atomic E-state index is 0.172. The van der Waals surface area contributed by atoms with Crippen molar-refractivity contribution in [3.05, 3.63) is 29.8 Å². The fourth-order valence-corrected chi connectivity index (χ4v) is 0.946. The summed E-state index contributed by atoms with van der Waals surface area (Å²) in [5.74, 6) is -0.988. The molecule has 0 spiro atoms. The Morgan fingerprint density at radius 3 is 2.40 bits per heavy atom. The van der Waals surface area contributed by atoms with Crippen molar-refractivity contribution in [2.75, 3.05) is 0 Å². The monoisotopic (exact) mass is 206 g/mol. The number of carboxylic acids is 1. The lowest BCUT2D eigenvalue weighted by Gasteiger charge is -2.09. The van der Waals surface area contributed by atoms with Crippen molar-refractivity contribution in [1.82, 2.24) is 0 Å². The zero-order chi connectivity index (χ0) is 11.5. The molecule has 0 radical (unpaired) electrons. The molecule has 0 amide bonds. The minimum Gasteiger partial charge on any atom is -0.478 e. The second-order valence-electron chi connectivity index (χ2n) is 4.19. The maximum Gasteiger partial charge on any atom is 0.337 e. The summed E-state index contributed by atoms with van der Waals surface area (Å²) in [6.45, 7) is 5.71. The van der Waals surface area contributed by atoms with Gasteiger partial charge in [0.2, 0.25) is 0 Å². The van der Waals surface area contributed by atoms with Crippen molar-refractivity contribution in [3.63, 3.8) is 0 Å². The molecule has 15 heavy (non-hydrogen) atoms. The Labute approximate surface area is 88.7 Å². The van der Waals surface area contributed by atoms with Gasteiger partial charge in [-0.2, -0.15) is 10.2 Å². The fourth-order valence-electron chi connectivity index (χ4n) is 0.946. The summed E-state index contributed by atoms with van der Waals surface area (Å²) in [7, 11) is 0. The molecular formula is C11H14N2O2. The van der Waals surface area contributed by atoms with Crippen molar-refractivity contribution in [1.29, 1.82) is 0 Å². The van der Waals surface area contributed by atoms with E-state index >= 15 is 0 Å². The number of hydrogen-bond acceptors (Lipinski definition) is 3. The van der Waals surface area contributed by atoms with E-state index in [1.165, 1.54) is 6.07 Å². The average molecular weight is 206 g/mol. The molecule has 0 saturated heterocycles. The van der Waals surface area contributed by atoms with Crippen LogP contribution in [0.2, 0.25) is 0 Å². The van der Waals surface area contributed by atoms with E-state index in [9.17, 15) is 4.79 Å². The Kier molecular flexibility index (Phi) is 3.19. The van der Waals surface area contributed by atoms with Crippen LogP contribution in [0.25, 0.3) is 0 Å². The first-order chi connectivity index (χ1) is 6.90.